The molecular formula is C10H15NO5S2. The Hall–Kier alpha value is -0.960. The largest absolute Gasteiger partial charge is 0.463 e. The van der Waals surface area contributed by atoms with Gasteiger partial charge in [-0.3, -0.25) is 4.79 Å². The highest BCUT2D eigenvalue weighted by Gasteiger charge is 2.13. The molecule has 0 saturated carbocycles. The van der Waals surface area contributed by atoms with Crippen molar-refractivity contribution in [2.45, 2.75) is 17.6 Å². The van der Waals surface area contributed by atoms with Crippen molar-refractivity contribution in [3.8, 4) is 0 Å². The number of thiophene rings is 1. The number of hydrogen-bond acceptors (Lipinski definition) is 6. The van der Waals surface area contributed by atoms with Crippen LogP contribution >= 0.6 is 11.3 Å². The third kappa shape index (κ3) is 5.13. The highest BCUT2D eigenvalue weighted by atomic mass is 32.2. The van der Waals surface area contributed by atoms with E-state index in [2.05, 4.69) is 0 Å². The Morgan fingerprint density at radius 2 is 2.11 bits per heavy atom. The first-order chi connectivity index (χ1) is 8.43. The van der Waals surface area contributed by atoms with E-state index in [0.717, 1.165) is 11.3 Å². The van der Waals surface area contributed by atoms with Crippen molar-refractivity contribution >= 4 is 27.3 Å². The van der Waals surface area contributed by atoms with Gasteiger partial charge in [0.25, 0.3) is 0 Å². The minimum absolute atomic E-state index is 0.0340. The topological polar surface area (TPSA) is 95.7 Å². The van der Waals surface area contributed by atoms with E-state index in [4.69, 9.17) is 14.6 Å². The molecule has 1 aromatic rings. The van der Waals surface area contributed by atoms with Crippen LogP contribution in [0.4, 0.5) is 0 Å². The predicted molar refractivity (Wildman–Crippen MR) is 66.8 cm³/mol. The summed E-state index contributed by atoms with van der Waals surface area (Å²) in [6, 6.07) is 2.93. The van der Waals surface area contributed by atoms with E-state index in [1.165, 1.54) is 6.07 Å². The molecule has 18 heavy (non-hydrogen) atoms. The Labute approximate surface area is 110 Å². The lowest BCUT2D eigenvalue weighted by Crippen LogP contribution is -2.12. The first kappa shape index (κ1) is 15.1. The molecule has 0 aliphatic carbocycles. The molecule has 2 N–H and O–H groups in total. The van der Waals surface area contributed by atoms with E-state index in [1.54, 1.807) is 6.07 Å². The van der Waals surface area contributed by atoms with Crippen LogP contribution in [0, 0.1) is 0 Å². The molecule has 1 heterocycles. The van der Waals surface area contributed by atoms with Gasteiger partial charge >= 0.3 is 5.97 Å². The third-order valence-electron chi connectivity index (χ3n) is 1.93. The lowest BCUT2D eigenvalue weighted by atomic mass is 10.3. The Kier molecular flexibility index (Phi) is 5.73. The number of carbonyl (C=O) groups excluding carboxylic acids is 1. The summed E-state index contributed by atoms with van der Waals surface area (Å²) in [5.41, 5.74) is 0. The van der Waals surface area contributed by atoms with Crippen LogP contribution < -0.4 is 5.14 Å². The molecule has 1 rings (SSSR count). The summed E-state index contributed by atoms with van der Waals surface area (Å²) >= 11 is 0.967. The standard InChI is InChI=1S/C10H15NO5S2/c1-2-15-5-6-16-9(12)7-8-3-4-10(17-8)18(11,13)14/h3-4H,2,5-7H2,1H3,(H2,11,13,14). The van der Waals surface area contributed by atoms with Gasteiger partial charge in [-0.25, -0.2) is 13.6 Å². The number of ether oxygens (including phenoxy) is 2. The number of sulfonamides is 1. The van der Waals surface area contributed by atoms with Crippen LogP contribution in [0.5, 0.6) is 0 Å². The highest BCUT2D eigenvalue weighted by molar-refractivity contribution is 7.91. The molecule has 8 heteroatoms. The van der Waals surface area contributed by atoms with Crippen molar-refractivity contribution in [1.82, 2.24) is 0 Å². The smallest absolute Gasteiger partial charge is 0.311 e. The van der Waals surface area contributed by atoms with Crippen LogP contribution in [0.3, 0.4) is 0 Å². The molecular weight excluding hydrogens is 278 g/mol. The maximum absolute atomic E-state index is 11.4. The minimum atomic E-state index is -3.70. The normalized spacial score (nSPS) is 11.4. The number of hydrogen-bond donors (Lipinski definition) is 1. The Bertz CT molecular complexity index is 494. The lowest BCUT2D eigenvalue weighted by Gasteiger charge is -2.03. The van der Waals surface area contributed by atoms with Gasteiger partial charge in [0.1, 0.15) is 10.8 Å². The fraction of sp³-hybridized carbons (Fsp3) is 0.500. The number of nitrogens with two attached hydrogens (primary N) is 1. The fourth-order valence-corrected chi connectivity index (χ4v) is 2.92. The van der Waals surface area contributed by atoms with Crippen LogP contribution in [0.25, 0.3) is 0 Å². The van der Waals surface area contributed by atoms with Gasteiger partial charge in [0.05, 0.1) is 13.0 Å². The molecule has 1 aromatic heterocycles. The van der Waals surface area contributed by atoms with Gasteiger partial charge in [-0.2, -0.15) is 0 Å². The predicted octanol–water partition coefficient (Wildman–Crippen LogP) is 0.518. The van der Waals surface area contributed by atoms with Gasteiger partial charge in [-0.05, 0) is 19.1 Å². The molecule has 0 radical (unpaired) electrons. The van der Waals surface area contributed by atoms with Gasteiger partial charge < -0.3 is 9.47 Å². The maximum atomic E-state index is 11.4. The molecule has 0 bridgehead atoms. The molecule has 0 saturated heterocycles. The van der Waals surface area contributed by atoms with Crippen LogP contribution in [-0.2, 0) is 30.7 Å². The molecule has 0 spiro atoms. The fourth-order valence-electron chi connectivity index (χ4n) is 1.16. The van der Waals surface area contributed by atoms with E-state index in [1.807, 2.05) is 6.92 Å². The zero-order valence-corrected chi connectivity index (χ0v) is 11.6. The Morgan fingerprint density at radius 3 is 2.67 bits per heavy atom. The summed E-state index contributed by atoms with van der Waals surface area (Å²) < 4.78 is 32.0. The van der Waals surface area contributed by atoms with Gasteiger partial charge in [0.2, 0.25) is 10.0 Å². The first-order valence-corrected chi connectivity index (χ1v) is 7.64. The van der Waals surface area contributed by atoms with Crippen LogP contribution in [0.15, 0.2) is 16.3 Å². The second-order valence-electron chi connectivity index (χ2n) is 3.36. The summed E-state index contributed by atoms with van der Waals surface area (Å²) in [4.78, 5) is 12.0. The van der Waals surface area contributed by atoms with E-state index in [-0.39, 0.29) is 17.2 Å². The number of primary sulfonamides is 1. The summed E-state index contributed by atoms with van der Waals surface area (Å²) in [6.07, 6.45) is 0.0340. The summed E-state index contributed by atoms with van der Waals surface area (Å²) in [5, 5.41) is 4.96. The zero-order valence-electron chi connectivity index (χ0n) is 9.92. The summed E-state index contributed by atoms with van der Waals surface area (Å²) in [6.45, 7) is 2.97. The number of esters is 1. The van der Waals surface area contributed by atoms with Crippen molar-refractivity contribution in [1.29, 1.82) is 0 Å². The van der Waals surface area contributed by atoms with E-state index in [0.29, 0.717) is 18.1 Å². The van der Waals surface area contributed by atoms with E-state index in [9.17, 15) is 13.2 Å². The first-order valence-electron chi connectivity index (χ1n) is 5.28. The quantitative estimate of drug-likeness (QED) is 0.584. The third-order valence-corrected chi connectivity index (χ3v) is 4.45. The molecule has 0 aromatic carbocycles. The minimum Gasteiger partial charge on any atom is -0.463 e. The Morgan fingerprint density at radius 1 is 1.39 bits per heavy atom. The van der Waals surface area contributed by atoms with Crippen LogP contribution in [0.2, 0.25) is 0 Å². The lowest BCUT2D eigenvalue weighted by molar-refractivity contribution is -0.144. The number of carbonyl (C=O) groups is 1. The Balaban J connectivity index is 2.43. The maximum Gasteiger partial charge on any atom is 0.311 e. The average Bonchev–Trinajstić information content (AvgIpc) is 2.72. The molecule has 0 amide bonds. The van der Waals surface area contributed by atoms with Crippen molar-refractivity contribution in [2.24, 2.45) is 5.14 Å². The highest BCUT2D eigenvalue weighted by Crippen LogP contribution is 2.20. The van der Waals surface area contributed by atoms with Gasteiger partial charge in [-0.1, -0.05) is 0 Å². The second-order valence-corrected chi connectivity index (χ2v) is 6.32. The molecule has 6 nitrogen and oxygen atoms in total. The van der Waals surface area contributed by atoms with Gasteiger partial charge in [0, 0.05) is 11.5 Å². The number of rotatable bonds is 7. The monoisotopic (exact) mass is 293 g/mol. The van der Waals surface area contributed by atoms with Crippen molar-refractivity contribution < 1.29 is 22.7 Å². The van der Waals surface area contributed by atoms with Crippen molar-refractivity contribution in [3.05, 3.63) is 17.0 Å². The molecule has 102 valence electrons. The molecule has 0 aliphatic heterocycles. The van der Waals surface area contributed by atoms with Gasteiger partial charge in [-0.15, -0.1) is 11.3 Å². The molecule has 0 unspecified atom stereocenters. The van der Waals surface area contributed by atoms with E-state index < -0.39 is 16.0 Å². The molecule has 0 atom stereocenters. The van der Waals surface area contributed by atoms with E-state index >= 15 is 0 Å². The summed E-state index contributed by atoms with van der Waals surface area (Å²) in [5.74, 6) is -0.419. The van der Waals surface area contributed by atoms with Gasteiger partial charge in [0.15, 0.2) is 0 Å². The van der Waals surface area contributed by atoms with Crippen molar-refractivity contribution in [3.63, 3.8) is 0 Å². The SMILES string of the molecule is CCOCCOC(=O)Cc1ccc(S(N)(=O)=O)s1. The second kappa shape index (κ2) is 6.83. The average molecular weight is 293 g/mol. The zero-order chi connectivity index (χ0) is 13.6. The van der Waals surface area contributed by atoms with Crippen molar-refractivity contribution in [2.75, 3.05) is 19.8 Å². The molecule has 0 fully saturated rings. The van der Waals surface area contributed by atoms with Crippen LogP contribution in [0.1, 0.15) is 11.8 Å². The summed E-state index contributed by atoms with van der Waals surface area (Å²) in [7, 11) is -3.70. The van der Waals surface area contributed by atoms with Crippen LogP contribution in [-0.4, -0.2) is 34.2 Å². The molecule has 0 aliphatic rings.